The van der Waals surface area contributed by atoms with E-state index < -0.39 is 0 Å². The quantitative estimate of drug-likeness (QED) is 0.509. The molecule has 2 amide bonds. The standard InChI is InChI=1S/C23H25N3O3S/c1-16(27)24-13-5-6-17-9-11-18(12-10-17)20-15-30-23(25-20)26-22(28)14-19-7-3-4-8-21(19)29-2/h3-4,7-12,15H,5-6,13-14H2,1-2H3,(H,24,27)(H,25,26,28). The summed E-state index contributed by atoms with van der Waals surface area (Å²) in [5.74, 6) is 0.569. The third-order valence-corrected chi connectivity index (χ3v) is 5.32. The molecule has 0 spiro atoms. The number of methoxy groups -OCH3 is 1. The minimum Gasteiger partial charge on any atom is -0.496 e. The molecular weight excluding hydrogens is 398 g/mol. The Kier molecular flexibility index (Phi) is 7.57. The van der Waals surface area contributed by atoms with Gasteiger partial charge in [-0.3, -0.25) is 9.59 Å². The van der Waals surface area contributed by atoms with E-state index in [1.807, 2.05) is 41.8 Å². The normalized spacial score (nSPS) is 10.5. The van der Waals surface area contributed by atoms with Gasteiger partial charge in [0.05, 0.1) is 19.2 Å². The lowest BCUT2D eigenvalue weighted by molar-refractivity contribution is -0.119. The predicted octanol–water partition coefficient (Wildman–Crippen LogP) is 4.07. The molecule has 0 radical (unpaired) electrons. The highest BCUT2D eigenvalue weighted by molar-refractivity contribution is 7.14. The number of hydrogen-bond donors (Lipinski definition) is 2. The number of aryl methyl sites for hydroxylation is 1. The number of carbonyl (C=O) groups excluding carboxylic acids is 2. The van der Waals surface area contributed by atoms with Gasteiger partial charge in [0.25, 0.3) is 0 Å². The Labute approximate surface area is 180 Å². The van der Waals surface area contributed by atoms with Crippen molar-refractivity contribution in [2.24, 2.45) is 0 Å². The van der Waals surface area contributed by atoms with Gasteiger partial charge >= 0.3 is 0 Å². The van der Waals surface area contributed by atoms with Crippen molar-refractivity contribution < 1.29 is 14.3 Å². The zero-order chi connectivity index (χ0) is 21.3. The number of aromatic nitrogens is 1. The van der Waals surface area contributed by atoms with Gasteiger partial charge in [0, 0.05) is 30.0 Å². The van der Waals surface area contributed by atoms with E-state index in [0.29, 0.717) is 17.4 Å². The molecule has 2 N–H and O–H groups in total. The average molecular weight is 424 g/mol. The van der Waals surface area contributed by atoms with E-state index in [-0.39, 0.29) is 18.2 Å². The van der Waals surface area contributed by atoms with Gasteiger partial charge in [-0.25, -0.2) is 4.98 Å². The van der Waals surface area contributed by atoms with Crippen molar-refractivity contribution >= 4 is 28.3 Å². The van der Waals surface area contributed by atoms with Crippen LogP contribution in [-0.4, -0.2) is 30.5 Å². The summed E-state index contributed by atoms with van der Waals surface area (Å²) in [5, 5.41) is 8.18. The Morgan fingerprint density at radius 3 is 2.60 bits per heavy atom. The van der Waals surface area contributed by atoms with E-state index in [4.69, 9.17) is 4.74 Å². The Bertz CT molecular complexity index is 999. The monoisotopic (exact) mass is 423 g/mol. The van der Waals surface area contributed by atoms with Gasteiger partial charge in [0.2, 0.25) is 11.8 Å². The van der Waals surface area contributed by atoms with Crippen LogP contribution in [0.25, 0.3) is 11.3 Å². The van der Waals surface area contributed by atoms with Crippen LogP contribution in [0.5, 0.6) is 5.75 Å². The number of anilines is 1. The van der Waals surface area contributed by atoms with Gasteiger partial charge in [0.1, 0.15) is 5.75 Å². The first-order valence-electron chi connectivity index (χ1n) is 9.76. The molecule has 2 aromatic carbocycles. The molecule has 0 atom stereocenters. The molecule has 6 nitrogen and oxygen atoms in total. The Hall–Kier alpha value is -3.19. The second kappa shape index (κ2) is 10.5. The van der Waals surface area contributed by atoms with E-state index in [0.717, 1.165) is 29.7 Å². The summed E-state index contributed by atoms with van der Waals surface area (Å²) >= 11 is 1.40. The molecule has 1 aromatic heterocycles. The lowest BCUT2D eigenvalue weighted by atomic mass is 10.1. The highest BCUT2D eigenvalue weighted by Crippen LogP contribution is 2.26. The van der Waals surface area contributed by atoms with Crippen LogP contribution < -0.4 is 15.4 Å². The summed E-state index contributed by atoms with van der Waals surface area (Å²) in [7, 11) is 1.60. The minimum atomic E-state index is -0.130. The Morgan fingerprint density at radius 2 is 1.87 bits per heavy atom. The molecule has 3 aromatic rings. The summed E-state index contributed by atoms with van der Waals surface area (Å²) in [6.07, 6.45) is 2.03. The van der Waals surface area contributed by atoms with Crippen LogP contribution in [0.2, 0.25) is 0 Å². The largest absolute Gasteiger partial charge is 0.496 e. The average Bonchev–Trinajstić information content (AvgIpc) is 3.20. The van der Waals surface area contributed by atoms with E-state index in [1.54, 1.807) is 7.11 Å². The maximum absolute atomic E-state index is 12.4. The van der Waals surface area contributed by atoms with Crippen LogP contribution in [0.1, 0.15) is 24.5 Å². The minimum absolute atomic E-state index is 0.000295. The van der Waals surface area contributed by atoms with Crippen LogP contribution in [0.15, 0.2) is 53.9 Å². The molecule has 1 heterocycles. The number of rotatable bonds is 9. The van der Waals surface area contributed by atoms with E-state index in [2.05, 4.69) is 27.8 Å². The molecular formula is C23H25N3O3S. The van der Waals surface area contributed by atoms with Gasteiger partial charge in [-0.05, 0) is 24.5 Å². The van der Waals surface area contributed by atoms with Crippen molar-refractivity contribution in [1.29, 1.82) is 0 Å². The Balaban J connectivity index is 1.55. The molecule has 0 fully saturated rings. The summed E-state index contributed by atoms with van der Waals surface area (Å²) in [4.78, 5) is 27.8. The zero-order valence-corrected chi connectivity index (χ0v) is 17.9. The maximum atomic E-state index is 12.4. The lowest BCUT2D eigenvalue weighted by Crippen LogP contribution is -2.21. The first-order chi connectivity index (χ1) is 14.5. The smallest absolute Gasteiger partial charge is 0.230 e. The third kappa shape index (κ3) is 6.15. The van der Waals surface area contributed by atoms with Crippen LogP contribution in [0, 0.1) is 0 Å². The maximum Gasteiger partial charge on any atom is 0.230 e. The summed E-state index contributed by atoms with van der Waals surface area (Å²) in [6.45, 7) is 2.21. The molecule has 30 heavy (non-hydrogen) atoms. The molecule has 0 aliphatic carbocycles. The number of ether oxygens (including phenoxy) is 1. The highest BCUT2D eigenvalue weighted by Gasteiger charge is 2.11. The zero-order valence-electron chi connectivity index (χ0n) is 17.1. The molecule has 0 saturated heterocycles. The molecule has 0 aliphatic heterocycles. The van der Waals surface area contributed by atoms with Gasteiger partial charge < -0.3 is 15.4 Å². The topological polar surface area (TPSA) is 80.3 Å². The lowest BCUT2D eigenvalue weighted by Gasteiger charge is -2.07. The molecule has 0 bridgehead atoms. The van der Waals surface area contributed by atoms with Crippen molar-refractivity contribution in [2.75, 3.05) is 19.0 Å². The fourth-order valence-electron chi connectivity index (χ4n) is 3.05. The third-order valence-electron chi connectivity index (χ3n) is 4.56. The van der Waals surface area contributed by atoms with Crippen molar-refractivity contribution in [1.82, 2.24) is 10.3 Å². The van der Waals surface area contributed by atoms with Crippen LogP contribution >= 0.6 is 11.3 Å². The van der Waals surface area contributed by atoms with Crippen molar-refractivity contribution in [3.05, 3.63) is 65.0 Å². The summed E-state index contributed by atoms with van der Waals surface area (Å²) in [6, 6.07) is 15.7. The molecule has 0 unspecified atom stereocenters. The SMILES string of the molecule is COc1ccccc1CC(=O)Nc1nc(-c2ccc(CCCNC(C)=O)cc2)cs1. The van der Waals surface area contributed by atoms with Crippen LogP contribution in [-0.2, 0) is 22.4 Å². The fourth-order valence-corrected chi connectivity index (χ4v) is 3.78. The van der Waals surface area contributed by atoms with Crippen molar-refractivity contribution in [3.63, 3.8) is 0 Å². The number of carbonyl (C=O) groups is 2. The predicted molar refractivity (Wildman–Crippen MR) is 120 cm³/mol. The second-order valence-corrected chi connectivity index (χ2v) is 7.72. The van der Waals surface area contributed by atoms with Crippen LogP contribution in [0.4, 0.5) is 5.13 Å². The number of thiazole rings is 1. The molecule has 0 saturated carbocycles. The fraction of sp³-hybridized carbons (Fsp3) is 0.261. The van der Waals surface area contributed by atoms with Gasteiger partial charge in [-0.15, -0.1) is 11.3 Å². The molecule has 7 heteroatoms. The number of hydrogen-bond acceptors (Lipinski definition) is 5. The molecule has 0 aliphatic rings. The number of nitrogens with zero attached hydrogens (tertiary/aromatic N) is 1. The van der Waals surface area contributed by atoms with E-state index >= 15 is 0 Å². The first kappa shape index (κ1) is 21.5. The van der Waals surface area contributed by atoms with Gasteiger partial charge in [-0.1, -0.05) is 42.5 Å². The Morgan fingerprint density at radius 1 is 1.10 bits per heavy atom. The second-order valence-electron chi connectivity index (χ2n) is 6.86. The highest BCUT2D eigenvalue weighted by atomic mass is 32.1. The van der Waals surface area contributed by atoms with Crippen LogP contribution in [0.3, 0.4) is 0 Å². The summed E-state index contributed by atoms with van der Waals surface area (Å²) < 4.78 is 5.30. The number of benzene rings is 2. The number of para-hydroxylation sites is 1. The molecule has 3 rings (SSSR count). The summed E-state index contributed by atoms with van der Waals surface area (Å²) in [5.41, 5.74) is 3.88. The van der Waals surface area contributed by atoms with Gasteiger partial charge in [0.15, 0.2) is 5.13 Å². The first-order valence-corrected chi connectivity index (χ1v) is 10.6. The number of nitrogens with one attached hydrogen (secondary N) is 2. The molecule has 156 valence electrons. The van der Waals surface area contributed by atoms with Crippen molar-refractivity contribution in [2.45, 2.75) is 26.2 Å². The van der Waals surface area contributed by atoms with E-state index in [9.17, 15) is 9.59 Å². The van der Waals surface area contributed by atoms with E-state index in [1.165, 1.54) is 23.8 Å². The van der Waals surface area contributed by atoms with Crippen molar-refractivity contribution in [3.8, 4) is 17.0 Å². The number of amides is 2. The van der Waals surface area contributed by atoms with Gasteiger partial charge in [-0.2, -0.15) is 0 Å².